The second kappa shape index (κ2) is 2.82. The van der Waals surface area contributed by atoms with Gasteiger partial charge in [-0.15, -0.1) is 0 Å². The van der Waals surface area contributed by atoms with Crippen LogP contribution in [0, 0.1) is 5.92 Å². The molecule has 1 heteroatoms. The van der Waals surface area contributed by atoms with E-state index in [1.165, 1.54) is 5.57 Å². The lowest BCUT2D eigenvalue weighted by atomic mass is 9.90. The summed E-state index contributed by atoms with van der Waals surface area (Å²) in [5.41, 5.74) is 2.28. The quantitative estimate of drug-likeness (QED) is 0.504. The predicted molar refractivity (Wildman–Crippen MR) is 41.7 cm³/mol. The van der Waals surface area contributed by atoms with Gasteiger partial charge in [0.25, 0.3) is 0 Å². The fourth-order valence-corrected chi connectivity index (χ4v) is 1.23. The minimum absolute atomic E-state index is 0.419. The second-order valence-corrected chi connectivity index (χ2v) is 2.90. The van der Waals surface area contributed by atoms with Crippen molar-refractivity contribution in [3.63, 3.8) is 0 Å². The molecular weight excluding hydrogens is 124 g/mol. The summed E-state index contributed by atoms with van der Waals surface area (Å²) < 4.78 is 0. The van der Waals surface area contributed by atoms with Gasteiger partial charge in [0.15, 0.2) is 0 Å². The number of carbonyl (C=O) groups excluding carboxylic acids is 1. The molecule has 1 nitrogen and oxygen atoms in total. The van der Waals surface area contributed by atoms with Gasteiger partial charge in [-0.2, -0.15) is 0 Å². The van der Waals surface area contributed by atoms with E-state index in [4.69, 9.17) is 0 Å². The van der Waals surface area contributed by atoms with Crippen LogP contribution >= 0.6 is 0 Å². The molecule has 0 aromatic heterocycles. The molecule has 0 radical (unpaired) electrons. The van der Waals surface area contributed by atoms with Crippen molar-refractivity contribution in [2.24, 2.45) is 5.92 Å². The average Bonchev–Trinajstić information content (AvgIpc) is 1.88. The lowest BCUT2D eigenvalue weighted by molar-refractivity contribution is -0.105. The molecule has 0 N–H and O–H groups in total. The molecule has 0 aromatic carbocycles. The SMILES string of the molecule is CC1=CC=C(C=O)[C@@H](C)C1. The molecule has 0 heterocycles. The molecule has 54 valence electrons. The van der Waals surface area contributed by atoms with E-state index in [0.717, 1.165) is 18.3 Å². The highest BCUT2D eigenvalue weighted by Gasteiger charge is 2.10. The van der Waals surface area contributed by atoms with Gasteiger partial charge in [-0.3, -0.25) is 4.79 Å². The summed E-state index contributed by atoms with van der Waals surface area (Å²) in [7, 11) is 0. The summed E-state index contributed by atoms with van der Waals surface area (Å²) >= 11 is 0. The maximum Gasteiger partial charge on any atom is 0.146 e. The highest BCUT2D eigenvalue weighted by molar-refractivity contribution is 5.75. The molecule has 1 atom stereocenters. The van der Waals surface area contributed by atoms with E-state index in [-0.39, 0.29) is 0 Å². The van der Waals surface area contributed by atoms with E-state index in [9.17, 15) is 4.79 Å². The number of hydrogen-bond donors (Lipinski definition) is 0. The molecule has 0 unspecified atom stereocenters. The van der Waals surface area contributed by atoms with Crippen LogP contribution in [0.2, 0.25) is 0 Å². The monoisotopic (exact) mass is 136 g/mol. The van der Waals surface area contributed by atoms with Crippen molar-refractivity contribution in [2.75, 3.05) is 0 Å². The summed E-state index contributed by atoms with van der Waals surface area (Å²) in [4.78, 5) is 10.4. The largest absolute Gasteiger partial charge is 0.298 e. The van der Waals surface area contributed by atoms with Crippen molar-refractivity contribution >= 4 is 6.29 Å². The molecule has 0 aliphatic heterocycles. The van der Waals surface area contributed by atoms with Gasteiger partial charge in [0.05, 0.1) is 0 Å². The first kappa shape index (κ1) is 7.26. The highest BCUT2D eigenvalue weighted by Crippen LogP contribution is 2.22. The van der Waals surface area contributed by atoms with Gasteiger partial charge in [0.1, 0.15) is 6.29 Å². The fourth-order valence-electron chi connectivity index (χ4n) is 1.23. The predicted octanol–water partition coefficient (Wildman–Crippen LogP) is 2.10. The molecule has 0 aromatic rings. The number of rotatable bonds is 1. The van der Waals surface area contributed by atoms with Crippen LogP contribution < -0.4 is 0 Å². The van der Waals surface area contributed by atoms with Crippen molar-refractivity contribution in [1.29, 1.82) is 0 Å². The van der Waals surface area contributed by atoms with Crippen molar-refractivity contribution in [3.8, 4) is 0 Å². The van der Waals surface area contributed by atoms with Gasteiger partial charge in [-0.1, -0.05) is 24.6 Å². The fraction of sp³-hybridized carbons (Fsp3) is 0.444. The Morgan fingerprint density at radius 2 is 2.30 bits per heavy atom. The van der Waals surface area contributed by atoms with Gasteiger partial charge in [-0.05, 0) is 24.8 Å². The van der Waals surface area contributed by atoms with Crippen LogP contribution in [0.3, 0.4) is 0 Å². The van der Waals surface area contributed by atoms with Crippen LogP contribution in [-0.4, -0.2) is 6.29 Å². The number of carbonyl (C=O) groups is 1. The van der Waals surface area contributed by atoms with E-state index in [0.29, 0.717) is 5.92 Å². The topological polar surface area (TPSA) is 17.1 Å². The van der Waals surface area contributed by atoms with Gasteiger partial charge in [0.2, 0.25) is 0 Å². The normalized spacial score (nSPS) is 25.2. The summed E-state index contributed by atoms with van der Waals surface area (Å²) in [6, 6.07) is 0. The van der Waals surface area contributed by atoms with E-state index in [2.05, 4.69) is 13.8 Å². The van der Waals surface area contributed by atoms with Crippen LogP contribution in [-0.2, 0) is 4.79 Å². The van der Waals surface area contributed by atoms with Crippen molar-refractivity contribution in [1.82, 2.24) is 0 Å². The Morgan fingerprint density at radius 1 is 1.60 bits per heavy atom. The first-order valence-electron chi connectivity index (χ1n) is 3.56. The lowest BCUT2D eigenvalue weighted by Gasteiger charge is -2.14. The molecule has 0 spiro atoms. The van der Waals surface area contributed by atoms with Crippen molar-refractivity contribution in [3.05, 3.63) is 23.3 Å². The Hall–Kier alpha value is -0.850. The summed E-state index contributed by atoms with van der Waals surface area (Å²) in [6.07, 6.45) is 5.92. The third-order valence-corrected chi connectivity index (χ3v) is 1.89. The first-order chi connectivity index (χ1) is 4.74. The molecule has 0 bridgehead atoms. The molecule has 0 saturated heterocycles. The molecule has 0 saturated carbocycles. The van der Waals surface area contributed by atoms with Crippen LogP contribution in [0.1, 0.15) is 20.3 Å². The smallest absolute Gasteiger partial charge is 0.146 e. The van der Waals surface area contributed by atoms with Gasteiger partial charge in [0, 0.05) is 0 Å². The van der Waals surface area contributed by atoms with Gasteiger partial charge < -0.3 is 0 Å². The Kier molecular flexibility index (Phi) is 2.05. The maximum atomic E-state index is 10.4. The van der Waals surface area contributed by atoms with E-state index in [1.807, 2.05) is 12.2 Å². The standard InChI is InChI=1S/C9H12O/c1-7-3-4-9(6-10)8(2)5-7/h3-4,6,8H,5H2,1-2H3/t8-/m0/s1. The maximum absolute atomic E-state index is 10.4. The molecule has 0 fully saturated rings. The first-order valence-corrected chi connectivity index (χ1v) is 3.56. The van der Waals surface area contributed by atoms with Crippen LogP contribution in [0.25, 0.3) is 0 Å². The third kappa shape index (κ3) is 1.35. The number of hydrogen-bond acceptors (Lipinski definition) is 1. The summed E-state index contributed by atoms with van der Waals surface area (Å²) in [5.74, 6) is 0.419. The lowest BCUT2D eigenvalue weighted by Crippen LogP contribution is -2.04. The Bertz CT molecular complexity index is 199. The summed E-state index contributed by atoms with van der Waals surface area (Å²) in [6.45, 7) is 4.17. The van der Waals surface area contributed by atoms with Gasteiger partial charge in [-0.25, -0.2) is 0 Å². The summed E-state index contributed by atoms with van der Waals surface area (Å²) in [5, 5.41) is 0. The van der Waals surface area contributed by atoms with Crippen LogP contribution in [0.15, 0.2) is 23.3 Å². The van der Waals surface area contributed by atoms with E-state index < -0.39 is 0 Å². The minimum Gasteiger partial charge on any atom is -0.298 e. The Morgan fingerprint density at radius 3 is 2.80 bits per heavy atom. The zero-order valence-corrected chi connectivity index (χ0v) is 6.42. The highest BCUT2D eigenvalue weighted by atomic mass is 16.1. The third-order valence-electron chi connectivity index (χ3n) is 1.89. The van der Waals surface area contributed by atoms with E-state index >= 15 is 0 Å². The van der Waals surface area contributed by atoms with Gasteiger partial charge >= 0.3 is 0 Å². The molecule has 1 aliphatic rings. The molecule has 10 heavy (non-hydrogen) atoms. The average molecular weight is 136 g/mol. The van der Waals surface area contributed by atoms with Crippen LogP contribution in [0.5, 0.6) is 0 Å². The molecule has 1 aliphatic carbocycles. The van der Waals surface area contributed by atoms with E-state index in [1.54, 1.807) is 0 Å². The Balaban J connectivity index is 2.81. The van der Waals surface area contributed by atoms with Crippen molar-refractivity contribution in [2.45, 2.75) is 20.3 Å². The van der Waals surface area contributed by atoms with Crippen LogP contribution in [0.4, 0.5) is 0 Å². The zero-order valence-electron chi connectivity index (χ0n) is 6.42. The molecular formula is C9H12O. The minimum atomic E-state index is 0.419. The molecule has 0 amide bonds. The number of aldehydes is 1. The Labute approximate surface area is 61.4 Å². The molecule has 1 rings (SSSR count). The second-order valence-electron chi connectivity index (χ2n) is 2.90. The zero-order chi connectivity index (χ0) is 7.56. The number of allylic oxidation sites excluding steroid dienone is 4. The van der Waals surface area contributed by atoms with Crippen molar-refractivity contribution < 1.29 is 4.79 Å².